The van der Waals surface area contributed by atoms with Crippen molar-refractivity contribution in [3.05, 3.63) is 65.5 Å². The van der Waals surface area contributed by atoms with E-state index >= 15 is 0 Å². The van der Waals surface area contributed by atoms with Crippen molar-refractivity contribution in [1.82, 2.24) is 30.4 Å². The van der Waals surface area contributed by atoms with E-state index in [0.717, 1.165) is 49.7 Å². The van der Waals surface area contributed by atoms with Crippen LogP contribution in [0.25, 0.3) is 11.4 Å². The lowest BCUT2D eigenvalue weighted by atomic mass is 10.0. The third-order valence-corrected chi connectivity index (χ3v) is 7.23. The molecule has 2 atom stereocenters. The Hall–Kier alpha value is -3.66. The van der Waals surface area contributed by atoms with Gasteiger partial charge in [0.2, 0.25) is 17.6 Å². The van der Waals surface area contributed by atoms with Gasteiger partial charge in [0.1, 0.15) is 18.4 Å². The standard InChI is InChI=1S/C28H33FN6O3/c1-19-8-10-21(11-9-19)27-31-33-35(32-27)18-25(36)34(17-24-7-4-16-38-24)26(20-12-14-22(29)15-13-20)28(37)30-23-5-2-3-6-23/h8-15,23-24,26H,2-7,16-18H2,1H3,(H,30,37)/t24-,26+/m1/s1. The minimum atomic E-state index is -0.937. The minimum absolute atomic E-state index is 0.0687. The highest BCUT2D eigenvalue weighted by Gasteiger charge is 2.35. The molecule has 5 rings (SSSR count). The van der Waals surface area contributed by atoms with Crippen LogP contribution in [0.2, 0.25) is 0 Å². The highest BCUT2D eigenvalue weighted by Crippen LogP contribution is 2.27. The lowest BCUT2D eigenvalue weighted by Gasteiger charge is -2.33. The summed E-state index contributed by atoms with van der Waals surface area (Å²) in [4.78, 5) is 30.3. The summed E-state index contributed by atoms with van der Waals surface area (Å²) in [5.41, 5.74) is 2.45. The Morgan fingerprint density at radius 3 is 2.50 bits per heavy atom. The Morgan fingerprint density at radius 1 is 1.08 bits per heavy atom. The van der Waals surface area contributed by atoms with Crippen molar-refractivity contribution >= 4 is 11.8 Å². The molecule has 2 aliphatic rings. The van der Waals surface area contributed by atoms with Crippen LogP contribution in [0.4, 0.5) is 4.39 Å². The highest BCUT2D eigenvalue weighted by atomic mass is 19.1. The molecule has 1 aliphatic heterocycles. The Balaban J connectivity index is 1.42. The third kappa shape index (κ3) is 6.24. The van der Waals surface area contributed by atoms with Gasteiger partial charge in [-0.15, -0.1) is 10.2 Å². The molecule has 2 aromatic carbocycles. The second-order valence-electron chi connectivity index (χ2n) is 10.1. The summed E-state index contributed by atoms with van der Waals surface area (Å²) in [5, 5.41) is 15.7. The molecule has 9 nitrogen and oxygen atoms in total. The normalized spacial score (nSPS) is 18.4. The van der Waals surface area contributed by atoms with Crippen LogP contribution in [0.1, 0.15) is 55.7 Å². The molecule has 0 unspecified atom stereocenters. The van der Waals surface area contributed by atoms with E-state index in [1.165, 1.54) is 21.8 Å². The van der Waals surface area contributed by atoms with Gasteiger partial charge in [-0.2, -0.15) is 4.80 Å². The van der Waals surface area contributed by atoms with Crippen molar-refractivity contribution in [1.29, 1.82) is 0 Å². The molecule has 0 radical (unpaired) electrons. The zero-order valence-electron chi connectivity index (χ0n) is 21.6. The molecule has 200 valence electrons. The number of nitrogens with one attached hydrogen (secondary N) is 1. The van der Waals surface area contributed by atoms with Crippen LogP contribution >= 0.6 is 0 Å². The molecule has 1 N–H and O–H groups in total. The van der Waals surface area contributed by atoms with Crippen molar-refractivity contribution < 1.29 is 18.7 Å². The topological polar surface area (TPSA) is 102 Å². The number of tetrazole rings is 1. The maximum atomic E-state index is 13.8. The second kappa shape index (κ2) is 11.8. The number of rotatable bonds is 9. The molecule has 1 saturated heterocycles. The quantitative estimate of drug-likeness (QED) is 0.463. The van der Waals surface area contributed by atoms with E-state index in [2.05, 4.69) is 20.7 Å². The van der Waals surface area contributed by atoms with E-state index in [1.54, 1.807) is 12.1 Å². The SMILES string of the molecule is Cc1ccc(-c2nnn(CC(=O)N(C[C@H]3CCCO3)[C@H](C(=O)NC3CCCC3)c3ccc(F)cc3)n2)cc1. The molecule has 0 bridgehead atoms. The average Bonchev–Trinajstić information content (AvgIpc) is 3.69. The van der Waals surface area contributed by atoms with Gasteiger partial charge in [-0.1, -0.05) is 54.8 Å². The Labute approximate surface area is 221 Å². The number of aryl methyl sites for hydroxylation is 1. The van der Waals surface area contributed by atoms with E-state index in [4.69, 9.17) is 4.74 Å². The van der Waals surface area contributed by atoms with Crippen LogP contribution in [0.15, 0.2) is 48.5 Å². The van der Waals surface area contributed by atoms with Crippen LogP contribution in [-0.2, 0) is 20.9 Å². The number of amides is 2. The predicted molar refractivity (Wildman–Crippen MR) is 138 cm³/mol. The minimum Gasteiger partial charge on any atom is -0.376 e. The van der Waals surface area contributed by atoms with Crippen LogP contribution in [0, 0.1) is 12.7 Å². The maximum Gasteiger partial charge on any atom is 0.247 e. The van der Waals surface area contributed by atoms with Gasteiger partial charge >= 0.3 is 0 Å². The maximum absolute atomic E-state index is 13.8. The van der Waals surface area contributed by atoms with Crippen molar-refractivity contribution in [2.24, 2.45) is 0 Å². The van der Waals surface area contributed by atoms with Gasteiger partial charge in [0, 0.05) is 24.8 Å². The first-order valence-electron chi connectivity index (χ1n) is 13.3. The molecule has 3 aromatic rings. The van der Waals surface area contributed by atoms with Crippen molar-refractivity contribution in [3.8, 4) is 11.4 Å². The van der Waals surface area contributed by atoms with Gasteiger partial charge in [0.05, 0.1) is 6.10 Å². The molecule has 1 aliphatic carbocycles. The Morgan fingerprint density at radius 2 is 1.82 bits per heavy atom. The van der Waals surface area contributed by atoms with Crippen LogP contribution in [-0.4, -0.2) is 62.2 Å². The first-order valence-corrected chi connectivity index (χ1v) is 13.3. The fourth-order valence-electron chi connectivity index (χ4n) is 5.17. The fraction of sp³-hybridized carbons (Fsp3) is 0.464. The molecule has 1 saturated carbocycles. The van der Waals surface area contributed by atoms with E-state index in [-0.39, 0.29) is 37.0 Å². The number of halogens is 1. The summed E-state index contributed by atoms with van der Waals surface area (Å²) in [7, 11) is 0. The van der Waals surface area contributed by atoms with E-state index in [9.17, 15) is 14.0 Å². The van der Waals surface area contributed by atoms with Gasteiger partial charge in [0.25, 0.3) is 0 Å². The third-order valence-electron chi connectivity index (χ3n) is 7.23. The summed E-state index contributed by atoms with van der Waals surface area (Å²) < 4.78 is 19.6. The first kappa shape index (κ1) is 26.0. The molecule has 0 spiro atoms. The molecular weight excluding hydrogens is 487 g/mol. The van der Waals surface area contributed by atoms with Gasteiger partial charge in [-0.25, -0.2) is 4.39 Å². The molecule has 38 heavy (non-hydrogen) atoms. The van der Waals surface area contributed by atoms with E-state index in [0.29, 0.717) is 18.0 Å². The average molecular weight is 521 g/mol. The lowest BCUT2D eigenvalue weighted by Crippen LogP contribution is -2.49. The largest absolute Gasteiger partial charge is 0.376 e. The van der Waals surface area contributed by atoms with Gasteiger partial charge in [-0.05, 0) is 55.5 Å². The number of carbonyl (C=O) groups excluding carboxylic acids is 2. The van der Waals surface area contributed by atoms with Crippen molar-refractivity contribution in [3.63, 3.8) is 0 Å². The van der Waals surface area contributed by atoms with E-state index in [1.807, 2.05) is 31.2 Å². The Bertz CT molecular complexity index is 1230. The number of benzene rings is 2. The zero-order valence-corrected chi connectivity index (χ0v) is 21.6. The number of ether oxygens (including phenoxy) is 1. The molecule has 2 heterocycles. The first-order chi connectivity index (χ1) is 18.5. The fourth-order valence-corrected chi connectivity index (χ4v) is 5.17. The summed E-state index contributed by atoms with van der Waals surface area (Å²) in [6.45, 7) is 2.65. The number of hydrogen-bond acceptors (Lipinski definition) is 6. The molecule has 2 amide bonds. The number of nitrogens with zero attached hydrogens (tertiary/aromatic N) is 5. The van der Waals surface area contributed by atoms with Crippen LogP contribution in [0.3, 0.4) is 0 Å². The number of carbonyl (C=O) groups is 2. The summed E-state index contributed by atoms with van der Waals surface area (Å²) in [6.07, 6.45) is 5.44. The van der Waals surface area contributed by atoms with Gasteiger partial charge in [-0.3, -0.25) is 9.59 Å². The number of aromatic nitrogens is 4. The monoisotopic (exact) mass is 520 g/mol. The smallest absolute Gasteiger partial charge is 0.247 e. The van der Waals surface area contributed by atoms with Crippen LogP contribution in [0.5, 0.6) is 0 Å². The zero-order chi connectivity index (χ0) is 26.5. The summed E-state index contributed by atoms with van der Waals surface area (Å²) in [6, 6.07) is 12.6. The molecular formula is C28H33FN6O3. The lowest BCUT2D eigenvalue weighted by molar-refractivity contribution is -0.143. The van der Waals surface area contributed by atoms with Crippen molar-refractivity contribution in [2.75, 3.05) is 13.2 Å². The predicted octanol–water partition coefficient (Wildman–Crippen LogP) is 3.60. The van der Waals surface area contributed by atoms with Gasteiger partial charge in [0.15, 0.2) is 0 Å². The molecule has 2 fully saturated rings. The highest BCUT2D eigenvalue weighted by molar-refractivity contribution is 5.89. The number of hydrogen-bond donors (Lipinski definition) is 1. The van der Waals surface area contributed by atoms with E-state index < -0.39 is 11.9 Å². The summed E-state index contributed by atoms with van der Waals surface area (Å²) >= 11 is 0. The van der Waals surface area contributed by atoms with Crippen molar-refractivity contribution in [2.45, 2.75) is 70.2 Å². The second-order valence-corrected chi connectivity index (χ2v) is 10.1. The Kier molecular flexibility index (Phi) is 8.07. The van der Waals surface area contributed by atoms with Crippen LogP contribution < -0.4 is 5.32 Å². The molecule has 10 heteroatoms. The van der Waals surface area contributed by atoms with Gasteiger partial charge < -0.3 is 15.0 Å². The summed E-state index contributed by atoms with van der Waals surface area (Å²) in [5.74, 6) is -0.611. The molecule has 1 aromatic heterocycles.